The monoisotopic (exact) mass is 312 g/mol. The lowest BCUT2D eigenvalue weighted by Gasteiger charge is -2.27. The summed E-state index contributed by atoms with van der Waals surface area (Å²) < 4.78 is 0. The molecule has 0 bridgehead atoms. The molecule has 1 aliphatic rings. The molecule has 0 unspecified atom stereocenters. The Bertz CT molecular complexity index is 478. The van der Waals surface area contributed by atoms with E-state index < -0.39 is 12.1 Å². The molecule has 1 aromatic rings. The predicted molar refractivity (Wildman–Crippen MR) is 70.0 cm³/mol. The van der Waals surface area contributed by atoms with Crippen molar-refractivity contribution in [3.05, 3.63) is 45.5 Å². The topological polar surface area (TPSA) is 72.2 Å². The van der Waals surface area contributed by atoms with E-state index in [2.05, 4.69) is 21.2 Å². The number of nitro groups is 1. The quantitative estimate of drug-likeness (QED) is 0.528. The van der Waals surface area contributed by atoms with Crippen molar-refractivity contribution in [2.45, 2.75) is 30.3 Å². The summed E-state index contributed by atoms with van der Waals surface area (Å²) in [4.78, 5) is 22.2. The highest BCUT2D eigenvalue weighted by molar-refractivity contribution is 9.08. The molecule has 6 heteroatoms. The summed E-state index contributed by atoms with van der Waals surface area (Å²) >= 11 is 3.35. The summed E-state index contributed by atoms with van der Waals surface area (Å²) in [6, 6.07) is 6.22. The third-order valence-electron chi connectivity index (χ3n) is 3.10. The highest BCUT2D eigenvalue weighted by atomic mass is 79.9. The van der Waals surface area contributed by atoms with Crippen LogP contribution in [0.3, 0.4) is 0 Å². The van der Waals surface area contributed by atoms with Crippen molar-refractivity contribution in [1.29, 1.82) is 0 Å². The number of benzene rings is 1. The third-order valence-corrected chi connectivity index (χ3v) is 3.75. The molecule has 5 nitrogen and oxygen atoms in total. The SMILES string of the molecule is O=C1CC[C@@H]([N+](=O)[O-])[C@H](c2cccc(CBr)c2)N1. The number of hydrogen-bond donors (Lipinski definition) is 1. The van der Waals surface area contributed by atoms with Gasteiger partial charge in [-0.25, -0.2) is 0 Å². The fourth-order valence-corrected chi connectivity index (χ4v) is 2.54. The molecule has 0 aromatic heterocycles. The molecule has 18 heavy (non-hydrogen) atoms. The predicted octanol–water partition coefficient (Wildman–Crippen LogP) is 2.18. The van der Waals surface area contributed by atoms with Gasteiger partial charge in [-0.3, -0.25) is 14.9 Å². The van der Waals surface area contributed by atoms with Gasteiger partial charge in [0, 0.05) is 23.1 Å². The summed E-state index contributed by atoms with van der Waals surface area (Å²) in [5, 5.41) is 14.4. The van der Waals surface area contributed by atoms with Crippen LogP contribution in [0.25, 0.3) is 0 Å². The van der Waals surface area contributed by atoms with Crippen LogP contribution in [0.5, 0.6) is 0 Å². The normalized spacial score (nSPS) is 23.5. The van der Waals surface area contributed by atoms with Crippen molar-refractivity contribution in [2.24, 2.45) is 0 Å². The fourth-order valence-electron chi connectivity index (χ4n) is 2.19. The van der Waals surface area contributed by atoms with Gasteiger partial charge < -0.3 is 5.32 Å². The summed E-state index contributed by atoms with van der Waals surface area (Å²) in [5.74, 6) is -0.123. The van der Waals surface area contributed by atoms with Crippen LogP contribution in [0.1, 0.15) is 30.0 Å². The first-order valence-corrected chi connectivity index (χ1v) is 6.81. The average molecular weight is 313 g/mol. The number of amides is 1. The van der Waals surface area contributed by atoms with E-state index in [1.165, 1.54) is 0 Å². The van der Waals surface area contributed by atoms with Crippen molar-refractivity contribution in [3.8, 4) is 0 Å². The van der Waals surface area contributed by atoms with Crippen molar-refractivity contribution in [2.75, 3.05) is 0 Å². The van der Waals surface area contributed by atoms with Crippen LogP contribution in [-0.2, 0) is 10.1 Å². The number of hydrogen-bond acceptors (Lipinski definition) is 3. The Labute approximate surface area is 113 Å². The van der Waals surface area contributed by atoms with E-state index in [1.807, 2.05) is 24.3 Å². The van der Waals surface area contributed by atoms with Gasteiger partial charge in [0.2, 0.25) is 11.9 Å². The lowest BCUT2D eigenvalue weighted by molar-refractivity contribution is -0.529. The Balaban J connectivity index is 2.31. The van der Waals surface area contributed by atoms with Crippen molar-refractivity contribution < 1.29 is 9.72 Å². The van der Waals surface area contributed by atoms with E-state index in [1.54, 1.807) is 0 Å². The zero-order valence-electron chi connectivity index (χ0n) is 9.64. The molecule has 1 saturated heterocycles. The number of piperidine rings is 1. The van der Waals surface area contributed by atoms with Gasteiger partial charge in [-0.15, -0.1) is 0 Å². The Hall–Kier alpha value is -1.43. The van der Waals surface area contributed by atoms with Crippen molar-refractivity contribution in [3.63, 3.8) is 0 Å². The Morgan fingerprint density at radius 1 is 1.50 bits per heavy atom. The van der Waals surface area contributed by atoms with Gasteiger partial charge in [0.15, 0.2) is 0 Å². The molecular weight excluding hydrogens is 300 g/mol. The number of nitrogens with zero attached hydrogens (tertiary/aromatic N) is 1. The van der Waals surface area contributed by atoms with Crippen LogP contribution in [-0.4, -0.2) is 16.9 Å². The number of alkyl halides is 1. The minimum Gasteiger partial charge on any atom is -0.343 e. The Kier molecular flexibility index (Phi) is 3.96. The molecule has 2 rings (SSSR count). The molecule has 1 amide bonds. The van der Waals surface area contributed by atoms with Gasteiger partial charge in [0.05, 0.1) is 0 Å². The molecule has 0 radical (unpaired) electrons. The molecule has 0 spiro atoms. The van der Waals surface area contributed by atoms with Gasteiger partial charge >= 0.3 is 0 Å². The van der Waals surface area contributed by atoms with Crippen LogP contribution in [0.2, 0.25) is 0 Å². The van der Waals surface area contributed by atoms with Gasteiger partial charge in [-0.1, -0.05) is 40.2 Å². The van der Waals surface area contributed by atoms with E-state index in [0.717, 1.165) is 11.1 Å². The van der Waals surface area contributed by atoms with E-state index in [9.17, 15) is 14.9 Å². The van der Waals surface area contributed by atoms with Crippen LogP contribution in [0, 0.1) is 10.1 Å². The lowest BCUT2D eigenvalue weighted by Crippen LogP contribution is -2.45. The van der Waals surface area contributed by atoms with Crippen LogP contribution < -0.4 is 5.32 Å². The van der Waals surface area contributed by atoms with Gasteiger partial charge in [-0.05, 0) is 11.1 Å². The third kappa shape index (κ3) is 2.69. The number of carbonyl (C=O) groups is 1. The van der Waals surface area contributed by atoms with Crippen LogP contribution >= 0.6 is 15.9 Å². The number of carbonyl (C=O) groups excluding carboxylic acids is 1. The minimum atomic E-state index is -0.742. The molecule has 96 valence electrons. The maximum atomic E-state index is 11.4. The van der Waals surface area contributed by atoms with Crippen LogP contribution in [0.4, 0.5) is 0 Å². The molecule has 1 heterocycles. The summed E-state index contributed by atoms with van der Waals surface area (Å²) in [5.41, 5.74) is 1.83. The first kappa shape index (κ1) is 13.0. The molecule has 1 N–H and O–H groups in total. The second-order valence-electron chi connectivity index (χ2n) is 4.32. The zero-order valence-corrected chi connectivity index (χ0v) is 11.2. The second-order valence-corrected chi connectivity index (χ2v) is 4.88. The van der Waals surface area contributed by atoms with Crippen molar-refractivity contribution >= 4 is 21.8 Å². The van der Waals surface area contributed by atoms with E-state index >= 15 is 0 Å². The van der Waals surface area contributed by atoms with Crippen LogP contribution in [0.15, 0.2) is 24.3 Å². The maximum Gasteiger partial charge on any atom is 0.237 e. The molecular formula is C12H13BrN2O3. The first-order valence-electron chi connectivity index (χ1n) is 5.69. The molecule has 0 saturated carbocycles. The Morgan fingerprint density at radius 3 is 2.94 bits per heavy atom. The van der Waals surface area contributed by atoms with Gasteiger partial charge in [0.1, 0.15) is 6.04 Å². The van der Waals surface area contributed by atoms with Gasteiger partial charge in [0.25, 0.3) is 0 Å². The van der Waals surface area contributed by atoms with Gasteiger partial charge in [-0.2, -0.15) is 0 Å². The molecule has 1 aliphatic heterocycles. The molecule has 1 aromatic carbocycles. The summed E-state index contributed by atoms with van der Waals surface area (Å²) in [7, 11) is 0. The number of nitrogens with one attached hydrogen (secondary N) is 1. The van der Waals surface area contributed by atoms with Crippen molar-refractivity contribution in [1.82, 2.24) is 5.32 Å². The summed E-state index contributed by atoms with van der Waals surface area (Å²) in [6.45, 7) is 0. The summed E-state index contributed by atoms with van der Waals surface area (Å²) in [6.07, 6.45) is 0.516. The first-order chi connectivity index (χ1) is 8.61. The molecule has 2 atom stereocenters. The van der Waals surface area contributed by atoms with E-state index in [4.69, 9.17) is 0 Å². The Morgan fingerprint density at radius 2 is 2.28 bits per heavy atom. The average Bonchev–Trinajstić information content (AvgIpc) is 2.38. The fraction of sp³-hybridized carbons (Fsp3) is 0.417. The highest BCUT2D eigenvalue weighted by Crippen LogP contribution is 2.27. The molecule has 0 aliphatic carbocycles. The molecule has 1 fully saturated rings. The van der Waals surface area contributed by atoms with E-state index in [0.29, 0.717) is 11.8 Å². The maximum absolute atomic E-state index is 11.4. The minimum absolute atomic E-state index is 0.123. The smallest absolute Gasteiger partial charge is 0.237 e. The zero-order chi connectivity index (χ0) is 13.1. The second kappa shape index (κ2) is 5.48. The largest absolute Gasteiger partial charge is 0.343 e. The standard InChI is InChI=1S/C12H13BrN2O3/c13-7-8-2-1-3-9(6-8)12-10(15(17)18)4-5-11(16)14-12/h1-3,6,10,12H,4-5,7H2,(H,14,16)/t10-,12+/m1/s1. The highest BCUT2D eigenvalue weighted by Gasteiger charge is 2.38. The number of rotatable bonds is 3. The van der Waals surface area contributed by atoms with E-state index in [-0.39, 0.29) is 17.3 Å². The number of halogens is 1. The lowest BCUT2D eigenvalue weighted by atomic mass is 9.92.